The maximum atomic E-state index is 13.9. The number of hydrogen-bond acceptors (Lipinski definition) is 9. The first-order valence-corrected chi connectivity index (χ1v) is 19.5. The molecule has 0 saturated carbocycles. The van der Waals surface area contributed by atoms with Crippen molar-refractivity contribution >= 4 is 50.3 Å². The van der Waals surface area contributed by atoms with Crippen LogP contribution in [-0.2, 0) is 22.5 Å². The number of hydrogen-bond donors (Lipinski definition) is 2. The smallest absolute Gasteiger partial charge is 0.358 e. The molecule has 1 aliphatic rings. The van der Waals surface area contributed by atoms with E-state index in [9.17, 15) is 14.4 Å². The lowest BCUT2D eigenvalue weighted by molar-refractivity contribution is -0.137. The van der Waals surface area contributed by atoms with Crippen LogP contribution in [0.5, 0.6) is 11.5 Å². The Labute approximate surface area is 330 Å². The first-order valence-electron chi connectivity index (χ1n) is 18.7. The first kappa shape index (κ1) is 38.2. The Morgan fingerprint density at radius 1 is 0.911 bits per heavy atom. The fourth-order valence-electron chi connectivity index (χ4n) is 6.92. The molecule has 3 heterocycles. The van der Waals surface area contributed by atoms with Crippen LogP contribution >= 0.6 is 11.3 Å². The summed E-state index contributed by atoms with van der Waals surface area (Å²) < 4.78 is 13.2. The highest BCUT2D eigenvalue weighted by molar-refractivity contribution is 7.22. The van der Waals surface area contributed by atoms with Crippen molar-refractivity contribution in [2.75, 3.05) is 16.8 Å². The third-order valence-electron chi connectivity index (χ3n) is 9.87. The number of thiazole rings is 1. The molecule has 7 rings (SSSR count). The van der Waals surface area contributed by atoms with Gasteiger partial charge >= 0.3 is 11.9 Å². The number of anilines is 2. The lowest BCUT2D eigenvalue weighted by atomic mass is 9.94. The number of benzene rings is 4. The zero-order chi connectivity index (χ0) is 39.6. The molecule has 10 nitrogen and oxygen atoms in total. The molecular formula is C45H44N4O6S. The molecule has 0 spiro atoms. The average Bonchev–Trinajstić information content (AvgIpc) is 3.59. The molecule has 4 aromatic carbocycles. The van der Waals surface area contributed by atoms with Crippen LogP contribution in [0.3, 0.4) is 0 Å². The molecule has 2 N–H and O–H groups in total. The predicted octanol–water partition coefficient (Wildman–Crippen LogP) is 10.2. The van der Waals surface area contributed by atoms with Crippen LogP contribution in [0.1, 0.15) is 89.6 Å². The Hall–Kier alpha value is -6.07. The highest BCUT2D eigenvalue weighted by Crippen LogP contribution is 2.37. The summed E-state index contributed by atoms with van der Waals surface area (Å²) in [4.78, 5) is 50.3. The van der Waals surface area contributed by atoms with Crippen molar-refractivity contribution in [2.24, 2.45) is 0 Å². The second kappa shape index (κ2) is 16.0. The van der Waals surface area contributed by atoms with Crippen LogP contribution in [0.2, 0.25) is 0 Å². The van der Waals surface area contributed by atoms with E-state index in [2.05, 4.69) is 21.3 Å². The fraction of sp³-hybridized carbons (Fsp3) is 0.267. The van der Waals surface area contributed by atoms with Gasteiger partial charge in [-0.25, -0.2) is 14.8 Å². The highest BCUT2D eigenvalue weighted by Gasteiger charge is 2.28. The van der Waals surface area contributed by atoms with E-state index in [-0.39, 0.29) is 23.9 Å². The lowest BCUT2D eigenvalue weighted by Crippen LogP contribution is -2.33. The topological polar surface area (TPSA) is 131 Å². The van der Waals surface area contributed by atoms with Gasteiger partial charge in [-0.3, -0.25) is 14.9 Å². The summed E-state index contributed by atoms with van der Waals surface area (Å²) in [5.41, 5.74) is 6.10. The SMILES string of the molecule is Cc1c(Oc2ccc([C@@H](C)CCC(=O)O)cc2)cccc1-c1ccc(N2CCc3cccc(C(=O)Nc4nc5ccccc5s4)c3C2)nc1C(=O)OC(C)(C)C. The average molecular weight is 769 g/mol. The monoisotopic (exact) mass is 768 g/mol. The van der Waals surface area contributed by atoms with Crippen molar-refractivity contribution in [3.05, 3.63) is 131 Å². The summed E-state index contributed by atoms with van der Waals surface area (Å²) in [5, 5.41) is 12.6. The highest BCUT2D eigenvalue weighted by atomic mass is 32.1. The Morgan fingerprint density at radius 2 is 1.68 bits per heavy atom. The molecule has 2 aromatic heterocycles. The molecule has 0 unspecified atom stereocenters. The van der Waals surface area contributed by atoms with E-state index >= 15 is 0 Å². The molecule has 0 fully saturated rings. The van der Waals surface area contributed by atoms with E-state index < -0.39 is 17.5 Å². The number of para-hydroxylation sites is 1. The van der Waals surface area contributed by atoms with Crippen molar-refractivity contribution in [1.82, 2.24) is 9.97 Å². The number of pyridine rings is 1. The van der Waals surface area contributed by atoms with E-state index in [1.54, 1.807) is 0 Å². The predicted molar refractivity (Wildman–Crippen MR) is 220 cm³/mol. The number of nitrogens with zero attached hydrogens (tertiary/aromatic N) is 3. The number of carboxylic acids is 1. The van der Waals surface area contributed by atoms with Crippen molar-refractivity contribution in [2.45, 2.75) is 71.9 Å². The van der Waals surface area contributed by atoms with Gasteiger partial charge < -0.3 is 19.5 Å². The normalized spacial score (nSPS) is 13.2. The van der Waals surface area contributed by atoms with Crippen molar-refractivity contribution in [3.8, 4) is 22.6 Å². The van der Waals surface area contributed by atoms with Crippen LogP contribution in [-0.4, -0.2) is 45.1 Å². The minimum Gasteiger partial charge on any atom is -0.481 e. The van der Waals surface area contributed by atoms with Gasteiger partial charge in [0.2, 0.25) is 0 Å². The minimum atomic E-state index is -0.804. The summed E-state index contributed by atoms with van der Waals surface area (Å²) in [5.74, 6) is 0.394. The molecule has 0 radical (unpaired) electrons. The number of aliphatic carboxylic acids is 1. The summed E-state index contributed by atoms with van der Waals surface area (Å²) in [6, 6.07) is 30.8. The van der Waals surface area contributed by atoms with Gasteiger partial charge in [-0.15, -0.1) is 0 Å². The molecule has 1 aliphatic heterocycles. The maximum Gasteiger partial charge on any atom is 0.358 e. The van der Waals surface area contributed by atoms with Gasteiger partial charge in [-0.2, -0.15) is 0 Å². The van der Waals surface area contributed by atoms with E-state index in [4.69, 9.17) is 19.6 Å². The number of aromatic nitrogens is 2. The molecule has 6 aromatic rings. The summed E-state index contributed by atoms with van der Waals surface area (Å²) in [7, 11) is 0. The first-order chi connectivity index (χ1) is 26.8. The Kier molecular flexibility index (Phi) is 10.9. The van der Waals surface area contributed by atoms with Crippen LogP contribution in [0.25, 0.3) is 21.3 Å². The number of ether oxygens (including phenoxy) is 2. The molecular weight excluding hydrogens is 725 g/mol. The number of carboxylic acid groups (broad SMARTS) is 1. The number of rotatable bonds is 11. The largest absolute Gasteiger partial charge is 0.481 e. The molecule has 0 bridgehead atoms. The van der Waals surface area contributed by atoms with Crippen LogP contribution < -0.4 is 15.0 Å². The number of fused-ring (bicyclic) bond motifs is 2. The second-order valence-electron chi connectivity index (χ2n) is 15.1. The van der Waals surface area contributed by atoms with Gasteiger partial charge in [-0.1, -0.05) is 66.8 Å². The van der Waals surface area contributed by atoms with E-state index in [1.165, 1.54) is 11.3 Å². The van der Waals surface area contributed by atoms with Crippen molar-refractivity contribution in [1.29, 1.82) is 0 Å². The molecule has 0 saturated heterocycles. The molecule has 286 valence electrons. The van der Waals surface area contributed by atoms with E-state index in [0.717, 1.165) is 38.0 Å². The standard InChI is InChI=1S/C45H44N4O6S/c1-27(16-23-40(50)51)29-17-19-31(20-18-29)54-37-14-9-11-32(28(37)2)33-21-22-39(47-41(33)43(53)55-45(3,4)5)49-25-24-30-10-8-12-34(35(30)26-49)42(52)48-44-46-36-13-6-7-15-38(36)56-44/h6-15,17-22,27H,16,23-26H2,1-5H3,(H,50,51)(H,46,48,52)/t27-/m0/s1. The number of nitrogens with one attached hydrogen (secondary N) is 1. The molecule has 11 heteroatoms. The second-order valence-corrected chi connectivity index (χ2v) is 16.1. The Morgan fingerprint density at radius 3 is 2.43 bits per heavy atom. The zero-order valence-corrected chi connectivity index (χ0v) is 32.9. The molecule has 1 amide bonds. The van der Waals surface area contributed by atoms with Gasteiger partial charge in [0.1, 0.15) is 22.9 Å². The lowest BCUT2D eigenvalue weighted by Gasteiger charge is -2.31. The van der Waals surface area contributed by atoms with Crippen molar-refractivity contribution in [3.63, 3.8) is 0 Å². The van der Waals surface area contributed by atoms with E-state index in [1.807, 2.05) is 126 Å². The van der Waals surface area contributed by atoms with Gasteiger partial charge in [0, 0.05) is 30.6 Å². The van der Waals surface area contributed by atoms with Crippen molar-refractivity contribution < 1.29 is 29.0 Å². The Bertz CT molecular complexity index is 2400. The van der Waals surface area contributed by atoms with Gasteiger partial charge in [0.25, 0.3) is 5.91 Å². The summed E-state index contributed by atoms with van der Waals surface area (Å²) >= 11 is 1.44. The zero-order valence-electron chi connectivity index (χ0n) is 32.1. The Balaban J connectivity index is 1.16. The summed E-state index contributed by atoms with van der Waals surface area (Å²) in [6.07, 6.45) is 1.37. The number of esters is 1. The van der Waals surface area contributed by atoms with Gasteiger partial charge in [-0.05, 0) is 123 Å². The molecule has 0 aliphatic carbocycles. The van der Waals surface area contributed by atoms with Crippen LogP contribution in [0.15, 0.2) is 97.1 Å². The van der Waals surface area contributed by atoms with Crippen LogP contribution in [0, 0.1) is 6.92 Å². The molecule has 1 atom stereocenters. The minimum absolute atomic E-state index is 0.100. The number of carbonyl (C=O) groups excluding carboxylic acids is 2. The fourth-order valence-corrected chi connectivity index (χ4v) is 7.78. The third kappa shape index (κ3) is 8.58. The van der Waals surface area contributed by atoms with Gasteiger partial charge in [0.05, 0.1) is 10.2 Å². The van der Waals surface area contributed by atoms with E-state index in [0.29, 0.717) is 59.5 Å². The maximum absolute atomic E-state index is 13.9. The third-order valence-corrected chi connectivity index (χ3v) is 10.8. The number of carbonyl (C=O) groups is 3. The van der Waals surface area contributed by atoms with Crippen LogP contribution in [0.4, 0.5) is 10.9 Å². The summed E-state index contributed by atoms with van der Waals surface area (Å²) in [6.45, 7) is 10.5. The van der Waals surface area contributed by atoms with Gasteiger partial charge in [0.15, 0.2) is 10.8 Å². The molecule has 56 heavy (non-hydrogen) atoms. The number of amides is 1. The quantitative estimate of drug-likeness (QED) is 0.124.